The Balaban J connectivity index is 2.93. The van der Waals surface area contributed by atoms with E-state index < -0.39 is 0 Å². The average Bonchev–Trinajstić information content (AvgIpc) is 2.38. The lowest BCUT2D eigenvalue weighted by Gasteiger charge is -2.52. The third kappa shape index (κ3) is 4.60. The minimum absolute atomic E-state index is 0.0584. The summed E-state index contributed by atoms with van der Waals surface area (Å²) in [6.45, 7) is 9.99. The van der Waals surface area contributed by atoms with E-state index in [1.54, 1.807) is 14.2 Å². The molecular formula is C15H32N2O2S. The molecule has 5 heteroatoms. The molecule has 0 aromatic carbocycles. The van der Waals surface area contributed by atoms with E-state index in [9.17, 15) is 0 Å². The Morgan fingerprint density at radius 1 is 1.25 bits per heavy atom. The van der Waals surface area contributed by atoms with E-state index in [2.05, 4.69) is 25.7 Å². The molecule has 0 bridgehead atoms. The Morgan fingerprint density at radius 2 is 1.95 bits per heavy atom. The van der Waals surface area contributed by atoms with Gasteiger partial charge in [0.2, 0.25) is 0 Å². The number of hydrogen-bond donors (Lipinski definition) is 1. The highest BCUT2D eigenvalue weighted by Crippen LogP contribution is 2.42. The van der Waals surface area contributed by atoms with Crippen molar-refractivity contribution in [2.24, 2.45) is 11.1 Å². The van der Waals surface area contributed by atoms with Crippen LogP contribution in [0.25, 0.3) is 0 Å². The van der Waals surface area contributed by atoms with Gasteiger partial charge in [-0.15, -0.1) is 0 Å². The van der Waals surface area contributed by atoms with Crippen LogP contribution in [0.2, 0.25) is 0 Å². The second-order valence-electron chi connectivity index (χ2n) is 6.75. The zero-order chi connectivity index (χ0) is 15.2. The molecule has 1 heterocycles. The number of thioether (sulfide) groups is 1. The van der Waals surface area contributed by atoms with Gasteiger partial charge in [0.05, 0.1) is 13.2 Å². The van der Waals surface area contributed by atoms with Gasteiger partial charge in [0.25, 0.3) is 0 Å². The van der Waals surface area contributed by atoms with Gasteiger partial charge in [-0.2, -0.15) is 11.8 Å². The van der Waals surface area contributed by atoms with E-state index in [4.69, 9.17) is 15.2 Å². The quantitative estimate of drug-likeness (QED) is 0.741. The van der Waals surface area contributed by atoms with Crippen molar-refractivity contribution in [2.75, 3.05) is 52.0 Å². The van der Waals surface area contributed by atoms with E-state index in [-0.39, 0.29) is 5.54 Å². The van der Waals surface area contributed by atoms with Crippen LogP contribution in [0.4, 0.5) is 0 Å². The molecule has 0 spiro atoms. The highest BCUT2D eigenvalue weighted by molar-refractivity contribution is 7.99. The molecule has 0 radical (unpaired) electrons. The maximum atomic E-state index is 6.23. The summed E-state index contributed by atoms with van der Waals surface area (Å²) < 4.78 is 10.7. The van der Waals surface area contributed by atoms with Crippen LogP contribution in [0.15, 0.2) is 0 Å². The Hall–Kier alpha value is 0.190. The minimum Gasteiger partial charge on any atom is -0.383 e. The van der Waals surface area contributed by atoms with Crippen LogP contribution >= 0.6 is 11.8 Å². The van der Waals surface area contributed by atoms with Crippen LogP contribution < -0.4 is 5.73 Å². The van der Waals surface area contributed by atoms with Crippen molar-refractivity contribution in [3.8, 4) is 0 Å². The van der Waals surface area contributed by atoms with Gasteiger partial charge in [0, 0.05) is 44.6 Å². The van der Waals surface area contributed by atoms with Crippen LogP contribution in [-0.4, -0.2) is 68.5 Å². The predicted molar refractivity (Wildman–Crippen MR) is 87.4 cm³/mol. The SMILES string of the molecule is COCCN(C(C)COC)C1(CN)CSCC(C)(C)C1. The van der Waals surface area contributed by atoms with Gasteiger partial charge in [-0.3, -0.25) is 4.90 Å². The van der Waals surface area contributed by atoms with Crippen molar-refractivity contribution in [3.05, 3.63) is 0 Å². The van der Waals surface area contributed by atoms with Gasteiger partial charge in [0.1, 0.15) is 0 Å². The lowest BCUT2D eigenvalue weighted by atomic mass is 9.78. The molecule has 0 aromatic rings. The van der Waals surface area contributed by atoms with Crippen LogP contribution in [0, 0.1) is 5.41 Å². The van der Waals surface area contributed by atoms with Gasteiger partial charge in [-0.25, -0.2) is 0 Å². The van der Waals surface area contributed by atoms with E-state index in [0.29, 0.717) is 18.0 Å². The minimum atomic E-state index is 0.0584. The molecule has 0 aromatic heterocycles. The Labute approximate surface area is 128 Å². The maximum absolute atomic E-state index is 6.23. The molecule has 2 N–H and O–H groups in total. The second kappa shape index (κ2) is 7.99. The number of nitrogens with two attached hydrogens (primary N) is 1. The zero-order valence-corrected chi connectivity index (χ0v) is 14.6. The number of hydrogen-bond acceptors (Lipinski definition) is 5. The van der Waals surface area contributed by atoms with Crippen molar-refractivity contribution < 1.29 is 9.47 Å². The standard InChI is InChI=1S/C15H32N2O2S/c1-13(8-19-5)17(6-7-18-4)15(10-16)9-14(2,3)11-20-12-15/h13H,6-12,16H2,1-5H3. The summed E-state index contributed by atoms with van der Waals surface area (Å²) in [5, 5.41) is 0. The normalized spacial score (nSPS) is 27.8. The van der Waals surface area contributed by atoms with Crippen molar-refractivity contribution in [1.29, 1.82) is 0 Å². The molecule has 1 saturated heterocycles. The number of nitrogens with zero attached hydrogens (tertiary/aromatic N) is 1. The molecule has 1 rings (SSSR count). The average molecular weight is 305 g/mol. The summed E-state index contributed by atoms with van der Waals surface area (Å²) in [7, 11) is 3.52. The van der Waals surface area contributed by atoms with Gasteiger partial charge < -0.3 is 15.2 Å². The molecule has 2 atom stereocenters. The highest BCUT2D eigenvalue weighted by Gasteiger charge is 2.45. The largest absolute Gasteiger partial charge is 0.383 e. The molecule has 4 nitrogen and oxygen atoms in total. The lowest BCUT2D eigenvalue weighted by Crippen LogP contribution is -2.63. The molecule has 0 aliphatic carbocycles. The van der Waals surface area contributed by atoms with Crippen molar-refractivity contribution in [2.45, 2.75) is 38.8 Å². The van der Waals surface area contributed by atoms with Crippen molar-refractivity contribution in [1.82, 2.24) is 4.90 Å². The number of ether oxygens (including phenoxy) is 2. The molecule has 120 valence electrons. The topological polar surface area (TPSA) is 47.7 Å². The molecule has 1 aliphatic heterocycles. The van der Waals surface area contributed by atoms with Crippen LogP contribution in [0.3, 0.4) is 0 Å². The summed E-state index contributed by atoms with van der Waals surface area (Å²) in [4.78, 5) is 2.52. The van der Waals surface area contributed by atoms with Gasteiger partial charge >= 0.3 is 0 Å². The van der Waals surface area contributed by atoms with Crippen LogP contribution in [-0.2, 0) is 9.47 Å². The molecule has 0 amide bonds. The number of methoxy groups -OCH3 is 2. The predicted octanol–water partition coefficient (Wildman–Crippen LogP) is 1.83. The first kappa shape index (κ1) is 18.2. The third-order valence-corrected chi connectivity index (χ3v) is 5.86. The zero-order valence-electron chi connectivity index (χ0n) is 13.8. The van der Waals surface area contributed by atoms with Gasteiger partial charge in [-0.1, -0.05) is 13.8 Å². The first-order valence-corrected chi connectivity index (χ1v) is 8.59. The molecule has 0 saturated carbocycles. The fourth-order valence-electron chi connectivity index (χ4n) is 3.39. The fourth-order valence-corrected chi connectivity index (χ4v) is 4.91. The van der Waals surface area contributed by atoms with E-state index in [0.717, 1.165) is 31.9 Å². The summed E-state index contributed by atoms with van der Waals surface area (Å²) in [6.07, 6.45) is 1.14. The Kier molecular flexibility index (Phi) is 7.29. The Bertz CT molecular complexity index is 289. The second-order valence-corrected chi connectivity index (χ2v) is 7.74. The molecule has 1 fully saturated rings. The van der Waals surface area contributed by atoms with Gasteiger partial charge in [0.15, 0.2) is 0 Å². The van der Waals surface area contributed by atoms with E-state index in [1.807, 2.05) is 11.8 Å². The smallest absolute Gasteiger partial charge is 0.0615 e. The third-order valence-electron chi connectivity index (χ3n) is 4.14. The van der Waals surface area contributed by atoms with Gasteiger partial charge in [-0.05, 0) is 24.5 Å². The molecule has 20 heavy (non-hydrogen) atoms. The van der Waals surface area contributed by atoms with Crippen LogP contribution in [0.5, 0.6) is 0 Å². The van der Waals surface area contributed by atoms with Crippen molar-refractivity contribution >= 4 is 11.8 Å². The highest BCUT2D eigenvalue weighted by atomic mass is 32.2. The summed E-state index contributed by atoms with van der Waals surface area (Å²) in [5.74, 6) is 2.32. The lowest BCUT2D eigenvalue weighted by molar-refractivity contribution is -0.00991. The molecular weight excluding hydrogens is 272 g/mol. The first-order valence-electron chi connectivity index (χ1n) is 7.43. The summed E-state index contributed by atoms with van der Waals surface area (Å²) in [6, 6.07) is 0.355. The van der Waals surface area contributed by atoms with E-state index >= 15 is 0 Å². The van der Waals surface area contributed by atoms with Crippen LogP contribution in [0.1, 0.15) is 27.2 Å². The summed E-state index contributed by atoms with van der Waals surface area (Å²) >= 11 is 2.03. The summed E-state index contributed by atoms with van der Waals surface area (Å²) in [5.41, 5.74) is 6.62. The molecule has 2 unspecified atom stereocenters. The fraction of sp³-hybridized carbons (Fsp3) is 1.00. The first-order chi connectivity index (χ1) is 9.40. The van der Waals surface area contributed by atoms with Crippen molar-refractivity contribution in [3.63, 3.8) is 0 Å². The molecule has 1 aliphatic rings. The monoisotopic (exact) mass is 304 g/mol. The number of rotatable bonds is 8. The van der Waals surface area contributed by atoms with E-state index in [1.165, 1.54) is 5.75 Å². The maximum Gasteiger partial charge on any atom is 0.0615 e. The Morgan fingerprint density at radius 3 is 2.45 bits per heavy atom.